The molecule has 0 saturated heterocycles. The summed E-state index contributed by atoms with van der Waals surface area (Å²) in [6.07, 6.45) is 0.189. The molecule has 0 spiro atoms. The Kier molecular flexibility index (Phi) is 4.96. The molecule has 4 N–H and O–H groups in total. The van der Waals surface area contributed by atoms with Crippen molar-refractivity contribution in [2.45, 2.75) is 51.4 Å². The van der Waals surface area contributed by atoms with Gasteiger partial charge in [-0.2, -0.15) is 0 Å². The predicted molar refractivity (Wildman–Crippen MR) is 64.9 cm³/mol. The van der Waals surface area contributed by atoms with Gasteiger partial charge in [-0.3, -0.25) is 4.79 Å². The van der Waals surface area contributed by atoms with Crippen molar-refractivity contribution in [1.82, 2.24) is 0 Å². The van der Waals surface area contributed by atoms with E-state index in [1.807, 2.05) is 0 Å². The van der Waals surface area contributed by atoms with Gasteiger partial charge < -0.3 is 15.9 Å². The number of hydrogen-bond donors (Lipinski definition) is 2. The number of nitrogens with two attached hydrogens (primary N) is 2. The van der Waals surface area contributed by atoms with Gasteiger partial charge in [0, 0.05) is 19.1 Å². The quantitative estimate of drug-likeness (QED) is 0.699. The third-order valence-corrected chi connectivity index (χ3v) is 7.43. The first-order valence-corrected chi connectivity index (χ1v) is 8.15. The van der Waals surface area contributed by atoms with E-state index in [1.54, 1.807) is 0 Å². The molecule has 15 heavy (non-hydrogen) atoms. The third kappa shape index (κ3) is 5.29. The molecule has 0 rings (SSSR count). The highest BCUT2D eigenvalue weighted by Gasteiger charge is 2.37. The molecule has 0 saturated carbocycles. The molecule has 0 aliphatic rings. The number of hydrogen-bond acceptors (Lipinski definition) is 3. The van der Waals surface area contributed by atoms with Gasteiger partial charge >= 0.3 is 0 Å². The molecular weight excluding hydrogens is 208 g/mol. The van der Waals surface area contributed by atoms with E-state index >= 15 is 0 Å². The lowest BCUT2D eigenvalue weighted by Gasteiger charge is -2.36. The number of primary amides is 1. The van der Waals surface area contributed by atoms with E-state index in [-0.39, 0.29) is 23.4 Å². The molecule has 0 unspecified atom stereocenters. The molecule has 4 nitrogen and oxygen atoms in total. The fraction of sp³-hybridized carbons (Fsp3) is 0.900. The lowest BCUT2D eigenvalue weighted by Crippen LogP contribution is -2.44. The van der Waals surface area contributed by atoms with Gasteiger partial charge in [-0.05, 0) is 18.1 Å². The van der Waals surface area contributed by atoms with Crippen LogP contribution in [0.2, 0.25) is 18.1 Å². The van der Waals surface area contributed by atoms with E-state index in [0.717, 1.165) is 0 Å². The second-order valence-corrected chi connectivity index (χ2v) is 10.3. The molecule has 1 amide bonds. The monoisotopic (exact) mass is 232 g/mol. The van der Waals surface area contributed by atoms with Crippen LogP contribution >= 0.6 is 0 Å². The summed E-state index contributed by atoms with van der Waals surface area (Å²) in [5, 5.41) is 0.166. The Balaban J connectivity index is 4.10. The second kappa shape index (κ2) is 5.09. The smallest absolute Gasteiger partial charge is 0.219 e. The third-order valence-electron chi connectivity index (χ3n) is 2.93. The highest BCUT2D eigenvalue weighted by atomic mass is 28.4. The van der Waals surface area contributed by atoms with Crippen molar-refractivity contribution in [3.63, 3.8) is 0 Å². The van der Waals surface area contributed by atoms with Crippen LogP contribution in [0, 0.1) is 0 Å². The summed E-state index contributed by atoms with van der Waals surface area (Å²) in [7, 11) is -1.75. The maximum atomic E-state index is 10.6. The van der Waals surface area contributed by atoms with E-state index < -0.39 is 8.32 Å². The second-order valence-electron chi connectivity index (χ2n) is 5.50. The lowest BCUT2D eigenvalue weighted by molar-refractivity contribution is -0.118. The molecule has 90 valence electrons. The summed E-state index contributed by atoms with van der Waals surface area (Å²) in [5.74, 6) is -0.374. The lowest BCUT2D eigenvalue weighted by atomic mass is 10.2. The van der Waals surface area contributed by atoms with Crippen LogP contribution in [0.3, 0.4) is 0 Å². The number of carbonyl (C=O) groups excluding carboxylic acids is 1. The molecule has 0 fully saturated rings. The molecule has 0 aromatic carbocycles. The largest absolute Gasteiger partial charge is 0.415 e. The van der Waals surface area contributed by atoms with Crippen molar-refractivity contribution >= 4 is 14.2 Å². The van der Waals surface area contributed by atoms with Crippen molar-refractivity contribution in [3.8, 4) is 0 Å². The van der Waals surface area contributed by atoms with E-state index in [2.05, 4.69) is 33.9 Å². The Labute approximate surface area is 93.5 Å². The van der Waals surface area contributed by atoms with E-state index in [4.69, 9.17) is 15.9 Å². The Morgan fingerprint density at radius 2 is 1.87 bits per heavy atom. The van der Waals surface area contributed by atoms with Gasteiger partial charge in [0.25, 0.3) is 0 Å². The van der Waals surface area contributed by atoms with Crippen LogP contribution in [0.15, 0.2) is 0 Å². The van der Waals surface area contributed by atoms with Crippen LogP contribution in [-0.2, 0) is 9.22 Å². The molecule has 0 aromatic rings. The summed E-state index contributed by atoms with van der Waals surface area (Å²) in [6, 6.07) is -0.281. The van der Waals surface area contributed by atoms with Crippen LogP contribution in [0.1, 0.15) is 27.2 Å². The van der Waals surface area contributed by atoms with Crippen LogP contribution < -0.4 is 11.5 Å². The number of rotatable bonds is 5. The summed E-state index contributed by atoms with van der Waals surface area (Å²) in [6.45, 7) is 11.2. The van der Waals surface area contributed by atoms with Crippen LogP contribution in [0.4, 0.5) is 0 Å². The molecule has 1 atom stereocenters. The summed E-state index contributed by atoms with van der Waals surface area (Å²) < 4.78 is 5.86. The predicted octanol–water partition coefficient (Wildman–Crippen LogP) is 1.21. The van der Waals surface area contributed by atoms with Gasteiger partial charge in [0.15, 0.2) is 8.32 Å². The number of amides is 1. The highest BCUT2D eigenvalue weighted by molar-refractivity contribution is 6.74. The van der Waals surface area contributed by atoms with Gasteiger partial charge in [0.2, 0.25) is 5.91 Å². The minimum Gasteiger partial charge on any atom is -0.415 e. The fourth-order valence-electron chi connectivity index (χ4n) is 0.849. The van der Waals surface area contributed by atoms with Gasteiger partial charge in [0.1, 0.15) is 0 Å². The Hall–Kier alpha value is -0.393. The summed E-state index contributed by atoms with van der Waals surface area (Å²) in [4.78, 5) is 10.6. The summed E-state index contributed by atoms with van der Waals surface area (Å²) >= 11 is 0. The van der Waals surface area contributed by atoms with E-state index in [1.165, 1.54) is 0 Å². The molecule has 0 bridgehead atoms. The average molecular weight is 232 g/mol. The molecule has 0 radical (unpaired) electrons. The maximum Gasteiger partial charge on any atom is 0.219 e. The minimum atomic E-state index is -1.75. The van der Waals surface area contributed by atoms with Crippen molar-refractivity contribution in [3.05, 3.63) is 0 Å². The normalized spacial score (nSPS) is 15.1. The van der Waals surface area contributed by atoms with Crippen molar-refractivity contribution in [2.24, 2.45) is 11.5 Å². The Bertz CT molecular complexity index is 224. The maximum absolute atomic E-state index is 10.6. The van der Waals surface area contributed by atoms with Crippen LogP contribution in [0.25, 0.3) is 0 Å². The first kappa shape index (κ1) is 14.6. The zero-order valence-corrected chi connectivity index (χ0v) is 11.5. The van der Waals surface area contributed by atoms with Gasteiger partial charge in [-0.1, -0.05) is 20.8 Å². The SMILES string of the molecule is CC(C)(C)[Si](C)(C)OC[C@H](N)CC(N)=O. The van der Waals surface area contributed by atoms with Gasteiger partial charge in [0.05, 0.1) is 0 Å². The Morgan fingerprint density at radius 3 is 2.20 bits per heavy atom. The standard InChI is InChI=1S/C10H24N2O2Si/c1-10(2,3)15(4,5)14-7-8(11)6-9(12)13/h8H,6-7,11H2,1-5H3,(H2,12,13)/t8-/m1/s1. The molecule has 0 heterocycles. The molecule has 0 aromatic heterocycles. The van der Waals surface area contributed by atoms with Crippen molar-refractivity contribution < 1.29 is 9.22 Å². The minimum absolute atomic E-state index is 0.166. The van der Waals surface area contributed by atoms with Crippen LogP contribution in [0.5, 0.6) is 0 Å². The highest BCUT2D eigenvalue weighted by Crippen LogP contribution is 2.36. The summed E-state index contributed by atoms with van der Waals surface area (Å²) in [5.41, 5.74) is 10.8. The topological polar surface area (TPSA) is 78.3 Å². The molecular formula is C10H24N2O2Si. The van der Waals surface area contributed by atoms with Gasteiger partial charge in [-0.15, -0.1) is 0 Å². The fourth-order valence-corrected chi connectivity index (χ4v) is 1.91. The first-order valence-electron chi connectivity index (χ1n) is 5.24. The number of carbonyl (C=O) groups is 1. The molecule has 5 heteroatoms. The Morgan fingerprint density at radius 1 is 1.40 bits per heavy atom. The molecule has 0 aliphatic heterocycles. The molecule has 0 aliphatic carbocycles. The zero-order valence-electron chi connectivity index (χ0n) is 10.5. The van der Waals surface area contributed by atoms with E-state index in [0.29, 0.717) is 6.61 Å². The van der Waals surface area contributed by atoms with E-state index in [9.17, 15) is 4.79 Å². The van der Waals surface area contributed by atoms with Crippen molar-refractivity contribution in [1.29, 1.82) is 0 Å². The van der Waals surface area contributed by atoms with Crippen molar-refractivity contribution in [2.75, 3.05) is 6.61 Å². The van der Waals surface area contributed by atoms with Gasteiger partial charge in [-0.25, -0.2) is 0 Å². The average Bonchev–Trinajstić information content (AvgIpc) is 1.97. The zero-order chi connectivity index (χ0) is 12.3. The van der Waals surface area contributed by atoms with Crippen LogP contribution in [-0.4, -0.2) is 26.9 Å². The first-order chi connectivity index (χ1) is 6.56.